The second-order valence-corrected chi connectivity index (χ2v) is 7.51. The van der Waals surface area contributed by atoms with E-state index in [2.05, 4.69) is 5.32 Å². The van der Waals surface area contributed by atoms with Crippen LogP contribution in [0.5, 0.6) is 5.75 Å². The Morgan fingerprint density at radius 3 is 2.48 bits per heavy atom. The average Bonchev–Trinajstić information content (AvgIpc) is 3.34. The Kier molecular flexibility index (Phi) is 7.70. The fourth-order valence-corrected chi connectivity index (χ4v) is 3.46. The monoisotopic (exact) mass is 428 g/mol. The van der Waals surface area contributed by atoms with Gasteiger partial charge in [0.1, 0.15) is 5.75 Å². The molecule has 8 heteroatoms. The van der Waals surface area contributed by atoms with Gasteiger partial charge in [0.05, 0.1) is 19.3 Å². The minimum Gasteiger partial charge on any atom is -0.497 e. The van der Waals surface area contributed by atoms with E-state index in [1.54, 1.807) is 31.1 Å². The van der Waals surface area contributed by atoms with E-state index in [4.69, 9.17) is 13.9 Å². The summed E-state index contributed by atoms with van der Waals surface area (Å²) in [6, 6.07) is 10.9. The Balaban J connectivity index is 1.37. The number of likely N-dealkylation sites (tertiary alicyclic amines) is 1. The third kappa shape index (κ3) is 6.10. The Bertz CT molecular complexity index is 870. The maximum atomic E-state index is 12.4. The molecule has 2 aromatic rings. The first-order valence-corrected chi connectivity index (χ1v) is 10.4. The summed E-state index contributed by atoms with van der Waals surface area (Å²) in [6.07, 6.45) is 2.25. The van der Waals surface area contributed by atoms with Gasteiger partial charge >= 0.3 is 5.97 Å². The van der Waals surface area contributed by atoms with Crippen LogP contribution in [0.4, 0.5) is 0 Å². The van der Waals surface area contributed by atoms with E-state index in [9.17, 15) is 14.4 Å². The normalized spacial score (nSPS) is 15.2. The van der Waals surface area contributed by atoms with Gasteiger partial charge in [-0.2, -0.15) is 0 Å². The fraction of sp³-hybridized carbons (Fsp3) is 0.435. The van der Waals surface area contributed by atoms with Gasteiger partial charge in [-0.1, -0.05) is 12.1 Å². The van der Waals surface area contributed by atoms with E-state index in [0.29, 0.717) is 44.7 Å². The predicted octanol–water partition coefficient (Wildman–Crippen LogP) is 2.43. The van der Waals surface area contributed by atoms with Crippen LogP contribution in [0, 0.1) is 5.92 Å². The topological polar surface area (TPSA) is 98.1 Å². The summed E-state index contributed by atoms with van der Waals surface area (Å²) in [7, 11) is 1.61. The van der Waals surface area contributed by atoms with E-state index in [1.165, 1.54) is 6.26 Å². The summed E-state index contributed by atoms with van der Waals surface area (Å²) >= 11 is 0. The van der Waals surface area contributed by atoms with Gasteiger partial charge in [-0.3, -0.25) is 14.4 Å². The third-order valence-corrected chi connectivity index (χ3v) is 5.38. The van der Waals surface area contributed by atoms with Crippen molar-refractivity contribution in [2.45, 2.75) is 32.3 Å². The number of piperidine rings is 1. The summed E-state index contributed by atoms with van der Waals surface area (Å²) < 4.78 is 15.6. The highest BCUT2D eigenvalue weighted by Crippen LogP contribution is 2.21. The molecule has 3 rings (SSSR count). The van der Waals surface area contributed by atoms with Crippen molar-refractivity contribution in [2.24, 2.45) is 5.92 Å². The molecule has 1 aromatic heterocycles. The maximum Gasteiger partial charge on any atom is 0.309 e. The standard InChI is InChI=1S/C23H28N2O6/c1-16(21(26)24-12-9-17-5-7-19(29-2)8-6-17)31-23(28)18-10-13-25(14-11-18)22(27)20-4-3-15-30-20/h3-8,15-16,18H,9-14H2,1-2H3,(H,24,26). The molecule has 8 nitrogen and oxygen atoms in total. The van der Waals surface area contributed by atoms with Crippen LogP contribution >= 0.6 is 0 Å². The highest BCUT2D eigenvalue weighted by Gasteiger charge is 2.31. The van der Waals surface area contributed by atoms with Gasteiger partial charge in [0.25, 0.3) is 11.8 Å². The molecule has 2 amide bonds. The SMILES string of the molecule is COc1ccc(CCNC(=O)C(C)OC(=O)C2CCN(C(=O)c3ccco3)CC2)cc1. The van der Waals surface area contributed by atoms with Crippen molar-refractivity contribution in [3.8, 4) is 5.75 Å². The summed E-state index contributed by atoms with van der Waals surface area (Å²) in [5.74, 6) is -0.155. The van der Waals surface area contributed by atoms with E-state index < -0.39 is 12.1 Å². The number of esters is 1. The zero-order valence-electron chi connectivity index (χ0n) is 17.8. The molecule has 1 N–H and O–H groups in total. The number of furan rings is 1. The Morgan fingerprint density at radius 2 is 1.87 bits per heavy atom. The predicted molar refractivity (Wildman–Crippen MR) is 113 cm³/mol. The van der Waals surface area contributed by atoms with Crippen molar-refractivity contribution in [1.29, 1.82) is 0 Å². The molecule has 166 valence electrons. The number of carbonyl (C=O) groups excluding carboxylic acids is 3. The number of amides is 2. The largest absolute Gasteiger partial charge is 0.497 e. The first kappa shape index (κ1) is 22.4. The van der Waals surface area contributed by atoms with Gasteiger partial charge in [-0.25, -0.2) is 0 Å². The molecule has 0 saturated carbocycles. The highest BCUT2D eigenvalue weighted by molar-refractivity contribution is 5.91. The molecule has 0 spiro atoms. The molecule has 31 heavy (non-hydrogen) atoms. The van der Waals surface area contributed by atoms with Crippen molar-refractivity contribution in [3.63, 3.8) is 0 Å². The lowest BCUT2D eigenvalue weighted by Crippen LogP contribution is -2.42. The molecule has 1 saturated heterocycles. The number of rotatable bonds is 8. The Hall–Kier alpha value is -3.29. The zero-order valence-corrected chi connectivity index (χ0v) is 17.8. The van der Waals surface area contributed by atoms with Crippen LogP contribution in [0.1, 0.15) is 35.9 Å². The van der Waals surface area contributed by atoms with Crippen LogP contribution in [0.15, 0.2) is 47.1 Å². The number of nitrogens with zero attached hydrogens (tertiary/aromatic N) is 1. The van der Waals surface area contributed by atoms with Gasteiger partial charge in [0, 0.05) is 19.6 Å². The van der Waals surface area contributed by atoms with Crippen molar-refractivity contribution in [1.82, 2.24) is 10.2 Å². The van der Waals surface area contributed by atoms with Gasteiger partial charge < -0.3 is 24.1 Å². The third-order valence-electron chi connectivity index (χ3n) is 5.38. The van der Waals surface area contributed by atoms with E-state index >= 15 is 0 Å². The number of hydrogen-bond acceptors (Lipinski definition) is 6. The summed E-state index contributed by atoms with van der Waals surface area (Å²) in [6.45, 7) is 2.90. The molecule has 1 aliphatic heterocycles. The van der Waals surface area contributed by atoms with Crippen LogP contribution in [0.2, 0.25) is 0 Å². The van der Waals surface area contributed by atoms with Crippen molar-refractivity contribution < 1.29 is 28.3 Å². The average molecular weight is 428 g/mol. The number of benzene rings is 1. The van der Waals surface area contributed by atoms with Gasteiger partial charge in [0.15, 0.2) is 11.9 Å². The lowest BCUT2D eigenvalue weighted by molar-refractivity contribution is -0.160. The highest BCUT2D eigenvalue weighted by atomic mass is 16.5. The first-order valence-electron chi connectivity index (χ1n) is 10.4. The number of carbonyl (C=O) groups is 3. The molecule has 0 bridgehead atoms. The molecule has 0 aliphatic carbocycles. The van der Waals surface area contributed by atoms with Crippen LogP contribution in [-0.4, -0.2) is 55.5 Å². The van der Waals surface area contributed by atoms with Crippen molar-refractivity contribution in [2.75, 3.05) is 26.7 Å². The summed E-state index contributed by atoms with van der Waals surface area (Å²) in [5, 5.41) is 2.79. The second-order valence-electron chi connectivity index (χ2n) is 7.51. The van der Waals surface area contributed by atoms with Gasteiger partial charge in [-0.05, 0) is 56.0 Å². The van der Waals surface area contributed by atoms with Crippen molar-refractivity contribution in [3.05, 3.63) is 54.0 Å². The number of methoxy groups -OCH3 is 1. The smallest absolute Gasteiger partial charge is 0.309 e. The Labute approximate surface area is 181 Å². The fourth-order valence-electron chi connectivity index (χ4n) is 3.46. The van der Waals surface area contributed by atoms with Crippen molar-refractivity contribution >= 4 is 17.8 Å². The molecule has 1 aromatic carbocycles. The number of hydrogen-bond donors (Lipinski definition) is 1. The van der Waals surface area contributed by atoms with Crippen LogP contribution in [0.25, 0.3) is 0 Å². The molecule has 1 aliphatic rings. The number of ether oxygens (including phenoxy) is 2. The van der Waals surface area contributed by atoms with Crippen LogP contribution < -0.4 is 10.1 Å². The number of nitrogens with one attached hydrogen (secondary N) is 1. The molecule has 1 atom stereocenters. The molecular formula is C23H28N2O6. The first-order chi connectivity index (χ1) is 15.0. The second kappa shape index (κ2) is 10.7. The quantitative estimate of drug-likeness (QED) is 0.649. The zero-order chi connectivity index (χ0) is 22.2. The van der Waals surface area contributed by atoms with Crippen LogP contribution in [0.3, 0.4) is 0 Å². The lowest BCUT2D eigenvalue weighted by Gasteiger charge is -2.30. The lowest BCUT2D eigenvalue weighted by atomic mass is 9.97. The summed E-state index contributed by atoms with van der Waals surface area (Å²) in [5.41, 5.74) is 1.07. The molecule has 2 heterocycles. The van der Waals surface area contributed by atoms with Gasteiger partial charge in [0.2, 0.25) is 0 Å². The van der Waals surface area contributed by atoms with Crippen LogP contribution in [-0.2, 0) is 20.7 Å². The molecule has 1 unspecified atom stereocenters. The molecule has 0 radical (unpaired) electrons. The van der Waals surface area contributed by atoms with E-state index in [-0.39, 0.29) is 17.7 Å². The molecular weight excluding hydrogens is 400 g/mol. The van der Waals surface area contributed by atoms with E-state index in [1.807, 2.05) is 24.3 Å². The van der Waals surface area contributed by atoms with E-state index in [0.717, 1.165) is 11.3 Å². The van der Waals surface area contributed by atoms with Gasteiger partial charge in [-0.15, -0.1) is 0 Å². The minimum absolute atomic E-state index is 0.179. The molecule has 1 fully saturated rings. The Morgan fingerprint density at radius 1 is 1.16 bits per heavy atom. The maximum absolute atomic E-state index is 12.4. The minimum atomic E-state index is -0.869. The summed E-state index contributed by atoms with van der Waals surface area (Å²) in [4.78, 5) is 38.7.